The molecule has 2 N–H and O–H groups in total. The third-order valence-electron chi connectivity index (χ3n) is 2.11. The number of aromatic nitrogens is 3. The Balaban J connectivity index is 2.29. The first-order chi connectivity index (χ1) is 8.35. The molecule has 0 saturated carbocycles. The third-order valence-corrected chi connectivity index (χ3v) is 2.40. The first-order valence-electron chi connectivity index (χ1n) is 4.86. The zero-order valence-corrected chi connectivity index (χ0v) is 9.70. The lowest BCUT2D eigenvalue weighted by Gasteiger charge is -2.05. The van der Waals surface area contributed by atoms with Crippen molar-refractivity contribution in [1.82, 2.24) is 14.8 Å². The molecule has 96 valence electrons. The number of rotatable bonds is 2. The van der Waals surface area contributed by atoms with Crippen LogP contribution in [0.25, 0.3) is 11.3 Å². The summed E-state index contributed by atoms with van der Waals surface area (Å²) in [5, 5.41) is 3.87. The molecule has 0 bridgehead atoms. The lowest BCUT2D eigenvalue weighted by Crippen LogP contribution is -2.17. The van der Waals surface area contributed by atoms with Crippen molar-refractivity contribution >= 4 is 17.3 Å². The average molecular weight is 277 g/mol. The van der Waals surface area contributed by atoms with Gasteiger partial charge in [0.2, 0.25) is 0 Å². The van der Waals surface area contributed by atoms with Gasteiger partial charge in [-0.15, -0.1) is 0 Å². The lowest BCUT2D eigenvalue weighted by molar-refractivity contribution is -0.142. The molecule has 0 aliphatic rings. The van der Waals surface area contributed by atoms with Crippen molar-refractivity contribution in [2.75, 3.05) is 5.73 Å². The predicted octanol–water partition coefficient (Wildman–Crippen LogP) is 2.74. The summed E-state index contributed by atoms with van der Waals surface area (Å²) in [6, 6.07) is 1.48. The highest BCUT2D eigenvalue weighted by atomic mass is 35.5. The molecule has 2 rings (SSSR count). The Hall–Kier alpha value is -1.76. The van der Waals surface area contributed by atoms with E-state index in [-0.39, 0.29) is 5.02 Å². The van der Waals surface area contributed by atoms with Crippen LogP contribution in [0.15, 0.2) is 24.7 Å². The minimum Gasteiger partial charge on any atom is -0.397 e. The van der Waals surface area contributed by atoms with Gasteiger partial charge in [0.25, 0.3) is 0 Å². The quantitative estimate of drug-likeness (QED) is 0.917. The van der Waals surface area contributed by atoms with Gasteiger partial charge in [0.15, 0.2) is 0 Å². The third kappa shape index (κ3) is 2.92. The second kappa shape index (κ2) is 4.49. The topological polar surface area (TPSA) is 56.7 Å². The van der Waals surface area contributed by atoms with E-state index in [0.29, 0.717) is 16.9 Å². The van der Waals surface area contributed by atoms with E-state index in [9.17, 15) is 13.2 Å². The number of pyridine rings is 1. The van der Waals surface area contributed by atoms with Gasteiger partial charge in [-0.25, -0.2) is 0 Å². The molecule has 0 unspecified atom stereocenters. The van der Waals surface area contributed by atoms with Crippen LogP contribution < -0.4 is 5.73 Å². The van der Waals surface area contributed by atoms with E-state index in [2.05, 4.69) is 10.1 Å². The van der Waals surface area contributed by atoms with Crippen molar-refractivity contribution in [3.8, 4) is 11.3 Å². The van der Waals surface area contributed by atoms with Crippen LogP contribution in [0, 0.1) is 0 Å². The molecule has 0 amide bonds. The van der Waals surface area contributed by atoms with Crippen LogP contribution in [0.5, 0.6) is 0 Å². The van der Waals surface area contributed by atoms with Gasteiger partial charge in [-0.3, -0.25) is 9.67 Å². The number of anilines is 1. The van der Waals surface area contributed by atoms with Crippen molar-refractivity contribution in [2.24, 2.45) is 0 Å². The van der Waals surface area contributed by atoms with E-state index in [1.165, 1.54) is 24.7 Å². The number of halogens is 4. The first kappa shape index (κ1) is 12.7. The molecule has 2 aromatic rings. The Kier molecular flexibility index (Phi) is 3.16. The van der Waals surface area contributed by atoms with Crippen LogP contribution in [0.3, 0.4) is 0 Å². The summed E-state index contributed by atoms with van der Waals surface area (Å²) >= 11 is 5.90. The minimum atomic E-state index is -4.32. The van der Waals surface area contributed by atoms with Crippen LogP contribution >= 0.6 is 11.6 Å². The standard InChI is InChI=1S/C10H8ClF3N4/c11-8-1-7(15)3-16-9(8)6-2-17-18(4-6)5-10(12,13)14/h1-4H,5,15H2. The molecule has 18 heavy (non-hydrogen) atoms. The zero-order chi connectivity index (χ0) is 13.3. The van der Waals surface area contributed by atoms with Crippen LogP contribution in [-0.4, -0.2) is 20.9 Å². The lowest BCUT2D eigenvalue weighted by atomic mass is 10.2. The van der Waals surface area contributed by atoms with Gasteiger partial charge in [-0.2, -0.15) is 18.3 Å². The van der Waals surface area contributed by atoms with Gasteiger partial charge >= 0.3 is 6.18 Å². The fraction of sp³-hybridized carbons (Fsp3) is 0.200. The van der Waals surface area contributed by atoms with Gasteiger partial charge in [-0.1, -0.05) is 11.6 Å². The van der Waals surface area contributed by atoms with E-state index in [1.54, 1.807) is 0 Å². The molecule has 2 aromatic heterocycles. The molecule has 2 heterocycles. The summed E-state index contributed by atoms with van der Waals surface area (Å²) in [5.74, 6) is 0. The summed E-state index contributed by atoms with van der Waals surface area (Å²) in [7, 11) is 0. The molecule has 0 fully saturated rings. The summed E-state index contributed by atoms with van der Waals surface area (Å²) < 4.78 is 37.3. The molecular weight excluding hydrogens is 269 g/mol. The van der Waals surface area contributed by atoms with Crippen molar-refractivity contribution in [2.45, 2.75) is 12.7 Å². The Labute approximate surface area is 105 Å². The van der Waals surface area contributed by atoms with Crippen LogP contribution in [0.4, 0.5) is 18.9 Å². The van der Waals surface area contributed by atoms with Crippen LogP contribution in [0.2, 0.25) is 5.02 Å². The second-order valence-electron chi connectivity index (χ2n) is 3.64. The van der Waals surface area contributed by atoms with Crippen LogP contribution in [0.1, 0.15) is 0 Å². The molecule has 0 saturated heterocycles. The largest absolute Gasteiger partial charge is 0.408 e. The number of nitrogens with zero attached hydrogens (tertiary/aromatic N) is 3. The summed E-state index contributed by atoms with van der Waals surface area (Å²) in [4.78, 5) is 3.97. The molecule has 0 aliphatic carbocycles. The Morgan fingerprint density at radius 2 is 2.06 bits per heavy atom. The molecule has 4 nitrogen and oxygen atoms in total. The van der Waals surface area contributed by atoms with E-state index < -0.39 is 12.7 Å². The van der Waals surface area contributed by atoms with Gasteiger partial charge in [0.1, 0.15) is 6.54 Å². The van der Waals surface area contributed by atoms with Crippen molar-refractivity contribution < 1.29 is 13.2 Å². The summed E-state index contributed by atoms with van der Waals surface area (Å²) in [6.07, 6.45) is -0.433. The monoisotopic (exact) mass is 276 g/mol. The fourth-order valence-corrected chi connectivity index (χ4v) is 1.71. The van der Waals surface area contributed by atoms with E-state index in [0.717, 1.165) is 4.68 Å². The molecule has 0 spiro atoms. The highest BCUT2D eigenvalue weighted by Crippen LogP contribution is 2.27. The summed E-state index contributed by atoms with van der Waals surface area (Å²) in [5.41, 5.74) is 6.61. The average Bonchev–Trinajstić information content (AvgIpc) is 2.63. The van der Waals surface area contributed by atoms with Gasteiger partial charge in [0, 0.05) is 11.8 Å². The molecule has 0 aliphatic heterocycles. The van der Waals surface area contributed by atoms with Crippen molar-refractivity contribution in [3.05, 3.63) is 29.7 Å². The van der Waals surface area contributed by atoms with Crippen molar-refractivity contribution in [1.29, 1.82) is 0 Å². The van der Waals surface area contributed by atoms with Crippen LogP contribution in [-0.2, 0) is 6.54 Å². The SMILES string of the molecule is Nc1cnc(-c2cnn(CC(F)(F)F)c2)c(Cl)c1. The fourth-order valence-electron chi connectivity index (χ4n) is 1.42. The molecular formula is C10H8ClF3N4. The van der Waals surface area contributed by atoms with E-state index in [4.69, 9.17) is 17.3 Å². The summed E-state index contributed by atoms with van der Waals surface area (Å²) in [6.45, 7) is -1.15. The highest BCUT2D eigenvalue weighted by molar-refractivity contribution is 6.33. The van der Waals surface area contributed by atoms with Gasteiger partial charge < -0.3 is 5.73 Å². The Morgan fingerprint density at radius 3 is 2.67 bits per heavy atom. The smallest absolute Gasteiger partial charge is 0.397 e. The maximum absolute atomic E-state index is 12.2. The number of nitrogens with two attached hydrogens (primary N) is 1. The van der Waals surface area contributed by atoms with E-state index >= 15 is 0 Å². The second-order valence-corrected chi connectivity index (χ2v) is 4.05. The number of nitrogen functional groups attached to an aromatic ring is 1. The van der Waals surface area contributed by atoms with E-state index in [1.807, 2.05) is 0 Å². The van der Waals surface area contributed by atoms with Gasteiger partial charge in [-0.05, 0) is 6.07 Å². The molecule has 8 heteroatoms. The van der Waals surface area contributed by atoms with Gasteiger partial charge in [0.05, 0.1) is 28.8 Å². The highest BCUT2D eigenvalue weighted by Gasteiger charge is 2.28. The maximum atomic E-state index is 12.2. The zero-order valence-electron chi connectivity index (χ0n) is 8.95. The minimum absolute atomic E-state index is 0.265. The number of hydrogen-bond acceptors (Lipinski definition) is 3. The van der Waals surface area contributed by atoms with Crippen molar-refractivity contribution in [3.63, 3.8) is 0 Å². The number of hydrogen-bond donors (Lipinski definition) is 1. The number of alkyl halides is 3. The Bertz CT molecular complexity index is 564. The molecule has 0 radical (unpaired) electrons. The maximum Gasteiger partial charge on any atom is 0.408 e. The molecule has 0 atom stereocenters. The normalized spacial score (nSPS) is 11.8. The Morgan fingerprint density at radius 1 is 1.33 bits per heavy atom. The predicted molar refractivity (Wildman–Crippen MR) is 60.9 cm³/mol. The molecule has 0 aromatic carbocycles. The first-order valence-corrected chi connectivity index (χ1v) is 5.23.